The summed E-state index contributed by atoms with van der Waals surface area (Å²) < 4.78 is 15.6. The number of benzene rings is 1. The molecule has 0 amide bonds. The maximum absolute atomic E-state index is 13.5. The van der Waals surface area contributed by atoms with Crippen molar-refractivity contribution in [3.8, 4) is 0 Å². The van der Waals surface area contributed by atoms with E-state index in [9.17, 15) is 4.39 Å². The molecule has 0 fully saturated rings. The molecule has 3 nitrogen and oxygen atoms in total. The third kappa shape index (κ3) is 4.17. The van der Waals surface area contributed by atoms with E-state index < -0.39 is 0 Å². The van der Waals surface area contributed by atoms with Crippen molar-refractivity contribution in [3.63, 3.8) is 0 Å². The molecule has 0 spiro atoms. The van der Waals surface area contributed by atoms with Gasteiger partial charge in [0.05, 0.1) is 6.33 Å². The van der Waals surface area contributed by atoms with Gasteiger partial charge in [-0.05, 0) is 50.4 Å². The van der Waals surface area contributed by atoms with Crippen LogP contribution in [0.4, 0.5) is 4.39 Å². The monoisotopic (exact) mass is 275 g/mol. The summed E-state index contributed by atoms with van der Waals surface area (Å²) in [6.45, 7) is 5.79. The SMILES string of the molecule is Cc1ccc(C(C)NCCCCn2ccnc2)cc1F. The molecule has 0 saturated heterocycles. The molecule has 0 radical (unpaired) electrons. The molecule has 1 atom stereocenters. The van der Waals surface area contributed by atoms with Crippen molar-refractivity contribution < 1.29 is 4.39 Å². The molecule has 1 unspecified atom stereocenters. The van der Waals surface area contributed by atoms with Crippen LogP contribution in [0, 0.1) is 12.7 Å². The van der Waals surface area contributed by atoms with E-state index in [1.165, 1.54) is 0 Å². The standard InChI is InChI=1S/C16H22FN3/c1-13-5-6-15(11-16(13)17)14(2)19-7-3-4-9-20-10-8-18-12-20/h5-6,8,10-12,14,19H,3-4,7,9H2,1-2H3. The highest BCUT2D eigenvalue weighted by Crippen LogP contribution is 2.16. The lowest BCUT2D eigenvalue weighted by Crippen LogP contribution is -2.20. The van der Waals surface area contributed by atoms with E-state index in [0.29, 0.717) is 5.56 Å². The van der Waals surface area contributed by atoms with Gasteiger partial charge in [-0.1, -0.05) is 12.1 Å². The zero-order valence-electron chi connectivity index (χ0n) is 12.1. The molecule has 2 rings (SSSR count). The second-order valence-electron chi connectivity index (χ2n) is 5.19. The van der Waals surface area contributed by atoms with Crippen LogP contribution in [0.5, 0.6) is 0 Å². The second-order valence-corrected chi connectivity index (χ2v) is 5.19. The summed E-state index contributed by atoms with van der Waals surface area (Å²) in [5, 5.41) is 3.43. The van der Waals surface area contributed by atoms with E-state index in [1.807, 2.05) is 24.7 Å². The fourth-order valence-electron chi connectivity index (χ4n) is 2.15. The van der Waals surface area contributed by atoms with E-state index in [4.69, 9.17) is 0 Å². The zero-order chi connectivity index (χ0) is 14.4. The minimum Gasteiger partial charge on any atom is -0.337 e. The smallest absolute Gasteiger partial charge is 0.126 e. The van der Waals surface area contributed by atoms with Crippen LogP contribution in [0.25, 0.3) is 0 Å². The molecule has 108 valence electrons. The number of halogens is 1. The van der Waals surface area contributed by atoms with Crippen LogP contribution in [-0.2, 0) is 6.54 Å². The van der Waals surface area contributed by atoms with Gasteiger partial charge in [-0.3, -0.25) is 0 Å². The van der Waals surface area contributed by atoms with E-state index in [1.54, 1.807) is 19.2 Å². The van der Waals surface area contributed by atoms with Crippen LogP contribution in [0.3, 0.4) is 0 Å². The molecule has 1 heterocycles. The number of hydrogen-bond donors (Lipinski definition) is 1. The van der Waals surface area contributed by atoms with Gasteiger partial charge in [0.15, 0.2) is 0 Å². The Balaban J connectivity index is 1.69. The molecule has 1 aromatic heterocycles. The van der Waals surface area contributed by atoms with E-state index >= 15 is 0 Å². The zero-order valence-corrected chi connectivity index (χ0v) is 12.1. The first-order valence-electron chi connectivity index (χ1n) is 7.12. The van der Waals surface area contributed by atoms with Gasteiger partial charge >= 0.3 is 0 Å². The molecular weight excluding hydrogens is 253 g/mol. The van der Waals surface area contributed by atoms with Gasteiger partial charge in [-0.2, -0.15) is 0 Å². The number of hydrogen-bond acceptors (Lipinski definition) is 2. The van der Waals surface area contributed by atoms with Gasteiger partial charge in [0.25, 0.3) is 0 Å². The first kappa shape index (κ1) is 14.7. The van der Waals surface area contributed by atoms with E-state index in [0.717, 1.165) is 31.5 Å². The van der Waals surface area contributed by atoms with Gasteiger partial charge in [-0.25, -0.2) is 9.37 Å². The fraction of sp³-hybridized carbons (Fsp3) is 0.438. The average molecular weight is 275 g/mol. The number of rotatable bonds is 7. The quantitative estimate of drug-likeness (QED) is 0.784. The summed E-state index contributed by atoms with van der Waals surface area (Å²) in [5.41, 5.74) is 1.70. The third-order valence-electron chi connectivity index (χ3n) is 3.55. The highest BCUT2D eigenvalue weighted by atomic mass is 19.1. The lowest BCUT2D eigenvalue weighted by atomic mass is 10.1. The summed E-state index contributed by atoms with van der Waals surface area (Å²) in [5.74, 6) is -0.128. The molecule has 0 bridgehead atoms. The molecule has 0 aliphatic carbocycles. The second kappa shape index (κ2) is 7.20. The molecule has 0 aliphatic heterocycles. The van der Waals surface area contributed by atoms with Gasteiger partial charge in [0.2, 0.25) is 0 Å². The maximum Gasteiger partial charge on any atom is 0.126 e. The molecule has 1 N–H and O–H groups in total. The number of imidazole rings is 1. The van der Waals surface area contributed by atoms with Gasteiger partial charge < -0.3 is 9.88 Å². The van der Waals surface area contributed by atoms with Crippen LogP contribution < -0.4 is 5.32 Å². The first-order chi connectivity index (χ1) is 9.66. The minimum atomic E-state index is -0.128. The van der Waals surface area contributed by atoms with Gasteiger partial charge in [0.1, 0.15) is 5.82 Å². The van der Waals surface area contributed by atoms with Crippen molar-refractivity contribution in [1.82, 2.24) is 14.9 Å². The van der Waals surface area contributed by atoms with Crippen LogP contribution in [0.15, 0.2) is 36.9 Å². The Morgan fingerprint density at radius 1 is 1.35 bits per heavy atom. The molecular formula is C16H22FN3. The van der Waals surface area contributed by atoms with Crippen LogP contribution in [0.1, 0.15) is 36.9 Å². The number of aryl methyl sites for hydroxylation is 2. The summed E-state index contributed by atoms with van der Waals surface area (Å²) in [6, 6.07) is 5.63. The van der Waals surface area contributed by atoms with E-state index in [-0.39, 0.29) is 11.9 Å². The van der Waals surface area contributed by atoms with Gasteiger partial charge in [-0.15, -0.1) is 0 Å². The van der Waals surface area contributed by atoms with E-state index in [2.05, 4.69) is 21.8 Å². The lowest BCUT2D eigenvalue weighted by molar-refractivity contribution is 0.520. The Morgan fingerprint density at radius 2 is 2.20 bits per heavy atom. The normalized spacial score (nSPS) is 12.6. The lowest BCUT2D eigenvalue weighted by Gasteiger charge is -2.15. The highest BCUT2D eigenvalue weighted by molar-refractivity contribution is 5.25. The van der Waals surface area contributed by atoms with Crippen molar-refractivity contribution in [2.75, 3.05) is 6.54 Å². The maximum atomic E-state index is 13.5. The Bertz CT molecular complexity index is 523. The first-order valence-corrected chi connectivity index (χ1v) is 7.12. The Kier molecular flexibility index (Phi) is 5.30. The number of nitrogens with zero attached hydrogens (tertiary/aromatic N) is 2. The largest absolute Gasteiger partial charge is 0.337 e. The molecule has 2 aromatic rings. The average Bonchev–Trinajstić information content (AvgIpc) is 2.94. The number of unbranched alkanes of at least 4 members (excludes halogenated alkanes) is 1. The van der Waals surface area contributed by atoms with Crippen LogP contribution in [-0.4, -0.2) is 16.1 Å². The fourth-order valence-corrected chi connectivity index (χ4v) is 2.15. The van der Waals surface area contributed by atoms with Crippen molar-refractivity contribution in [3.05, 3.63) is 53.9 Å². The third-order valence-corrected chi connectivity index (χ3v) is 3.55. The Morgan fingerprint density at radius 3 is 2.90 bits per heavy atom. The Hall–Kier alpha value is -1.68. The summed E-state index contributed by atoms with van der Waals surface area (Å²) >= 11 is 0. The summed E-state index contributed by atoms with van der Waals surface area (Å²) in [4.78, 5) is 4.02. The molecule has 1 aromatic carbocycles. The van der Waals surface area contributed by atoms with Crippen LogP contribution in [0.2, 0.25) is 0 Å². The van der Waals surface area contributed by atoms with Crippen molar-refractivity contribution in [2.24, 2.45) is 0 Å². The van der Waals surface area contributed by atoms with Gasteiger partial charge in [0, 0.05) is 25.0 Å². The number of nitrogens with one attached hydrogen (secondary N) is 1. The minimum absolute atomic E-state index is 0.128. The molecule has 20 heavy (non-hydrogen) atoms. The molecule has 0 aliphatic rings. The molecule has 0 saturated carbocycles. The predicted octanol–water partition coefficient (Wildman–Crippen LogP) is 3.46. The topological polar surface area (TPSA) is 29.9 Å². The van der Waals surface area contributed by atoms with Crippen molar-refractivity contribution >= 4 is 0 Å². The van der Waals surface area contributed by atoms with Crippen molar-refractivity contribution in [2.45, 2.75) is 39.3 Å². The molecule has 4 heteroatoms. The summed E-state index contributed by atoms with van der Waals surface area (Å²) in [6.07, 6.45) is 7.82. The summed E-state index contributed by atoms with van der Waals surface area (Å²) in [7, 11) is 0. The number of aromatic nitrogens is 2. The highest BCUT2D eigenvalue weighted by Gasteiger charge is 2.06. The van der Waals surface area contributed by atoms with Crippen molar-refractivity contribution in [1.29, 1.82) is 0 Å². The predicted molar refractivity (Wildman–Crippen MR) is 79.0 cm³/mol. The van der Waals surface area contributed by atoms with Crippen LogP contribution >= 0.6 is 0 Å². The Labute approximate surface area is 119 Å².